The van der Waals surface area contributed by atoms with Gasteiger partial charge in [-0.3, -0.25) is 0 Å². The minimum Gasteiger partial charge on any atom is -0.375 e. The maximum Gasteiger partial charge on any atom is 0.156 e. The highest BCUT2D eigenvalue weighted by Crippen LogP contribution is 2.25. The Morgan fingerprint density at radius 1 is 1.64 bits per heavy atom. The number of aliphatic hydroxyl groups is 1. The first-order valence-corrected chi connectivity index (χ1v) is 3.95. The summed E-state index contributed by atoms with van der Waals surface area (Å²) >= 11 is 0. The van der Waals surface area contributed by atoms with Crippen molar-refractivity contribution in [3.63, 3.8) is 0 Å². The standard InChI is InChI=1S/C8H14N2O/c1-6-4-10-7(2)3-8(6,11)5-9/h6-7,10-11H,3-4H2,1-2H3/t6-,7+,8-/m1/s1. The molecule has 0 unspecified atom stereocenters. The van der Waals surface area contributed by atoms with Crippen LogP contribution in [0.5, 0.6) is 0 Å². The molecule has 1 aliphatic heterocycles. The van der Waals surface area contributed by atoms with Crippen LogP contribution in [-0.4, -0.2) is 23.3 Å². The molecule has 1 aliphatic rings. The topological polar surface area (TPSA) is 56.0 Å². The molecule has 3 atom stereocenters. The first kappa shape index (κ1) is 8.51. The summed E-state index contributed by atoms with van der Waals surface area (Å²) in [6.45, 7) is 4.60. The summed E-state index contributed by atoms with van der Waals surface area (Å²) in [4.78, 5) is 0. The summed E-state index contributed by atoms with van der Waals surface area (Å²) < 4.78 is 0. The first-order chi connectivity index (χ1) is 5.08. The van der Waals surface area contributed by atoms with Gasteiger partial charge in [0.1, 0.15) is 0 Å². The SMILES string of the molecule is C[C@@H]1CN[C@@H](C)C[C@@]1(O)C#N. The Bertz CT molecular complexity index is 187. The Labute approximate surface area is 67.0 Å². The van der Waals surface area contributed by atoms with Crippen molar-refractivity contribution in [2.24, 2.45) is 5.92 Å². The second-order valence-electron chi connectivity index (χ2n) is 3.45. The molecule has 0 aromatic heterocycles. The van der Waals surface area contributed by atoms with Gasteiger partial charge in [-0.25, -0.2) is 0 Å². The Morgan fingerprint density at radius 2 is 2.27 bits per heavy atom. The fraction of sp³-hybridized carbons (Fsp3) is 0.875. The zero-order valence-corrected chi connectivity index (χ0v) is 6.96. The second kappa shape index (κ2) is 2.80. The van der Waals surface area contributed by atoms with Crippen molar-refractivity contribution >= 4 is 0 Å². The Balaban J connectivity index is 2.70. The first-order valence-electron chi connectivity index (χ1n) is 3.95. The molecule has 0 spiro atoms. The summed E-state index contributed by atoms with van der Waals surface area (Å²) in [5, 5.41) is 21.6. The van der Waals surface area contributed by atoms with Gasteiger partial charge in [0.05, 0.1) is 6.07 Å². The zero-order valence-electron chi connectivity index (χ0n) is 6.96. The van der Waals surface area contributed by atoms with Gasteiger partial charge in [0.2, 0.25) is 0 Å². The van der Waals surface area contributed by atoms with E-state index in [1.54, 1.807) is 0 Å². The van der Waals surface area contributed by atoms with Crippen LogP contribution in [0.15, 0.2) is 0 Å². The van der Waals surface area contributed by atoms with Crippen LogP contribution < -0.4 is 5.32 Å². The van der Waals surface area contributed by atoms with Crippen LogP contribution >= 0.6 is 0 Å². The number of nitrogens with zero attached hydrogens (tertiary/aromatic N) is 1. The molecule has 0 radical (unpaired) electrons. The van der Waals surface area contributed by atoms with Crippen LogP contribution in [0.2, 0.25) is 0 Å². The molecule has 1 fully saturated rings. The number of hydrogen-bond donors (Lipinski definition) is 2. The van der Waals surface area contributed by atoms with Crippen LogP contribution in [0.25, 0.3) is 0 Å². The molecule has 0 aromatic carbocycles. The van der Waals surface area contributed by atoms with Crippen LogP contribution in [0.3, 0.4) is 0 Å². The van der Waals surface area contributed by atoms with Gasteiger partial charge in [-0.15, -0.1) is 0 Å². The van der Waals surface area contributed by atoms with Crippen molar-refractivity contribution in [1.29, 1.82) is 5.26 Å². The average Bonchev–Trinajstić information content (AvgIpc) is 1.98. The van der Waals surface area contributed by atoms with Crippen molar-refractivity contribution in [3.05, 3.63) is 0 Å². The predicted molar refractivity (Wildman–Crippen MR) is 41.8 cm³/mol. The number of nitriles is 1. The van der Waals surface area contributed by atoms with Crippen molar-refractivity contribution in [2.45, 2.75) is 31.9 Å². The lowest BCUT2D eigenvalue weighted by molar-refractivity contribution is 0.00574. The van der Waals surface area contributed by atoms with E-state index in [-0.39, 0.29) is 12.0 Å². The van der Waals surface area contributed by atoms with Gasteiger partial charge in [-0.05, 0) is 6.92 Å². The smallest absolute Gasteiger partial charge is 0.156 e. The molecule has 3 nitrogen and oxygen atoms in total. The van der Waals surface area contributed by atoms with Gasteiger partial charge >= 0.3 is 0 Å². The van der Waals surface area contributed by atoms with Crippen LogP contribution in [0.4, 0.5) is 0 Å². The van der Waals surface area contributed by atoms with E-state index in [1.807, 2.05) is 19.9 Å². The summed E-state index contributed by atoms with van der Waals surface area (Å²) in [5.74, 6) is 0.0312. The zero-order chi connectivity index (χ0) is 8.48. The van der Waals surface area contributed by atoms with E-state index < -0.39 is 5.60 Å². The summed E-state index contributed by atoms with van der Waals surface area (Å²) in [6.07, 6.45) is 0.532. The van der Waals surface area contributed by atoms with Gasteiger partial charge < -0.3 is 10.4 Å². The molecule has 1 heterocycles. The van der Waals surface area contributed by atoms with E-state index in [9.17, 15) is 5.11 Å². The Kier molecular flexibility index (Phi) is 2.17. The van der Waals surface area contributed by atoms with E-state index in [4.69, 9.17) is 5.26 Å². The number of hydrogen-bond acceptors (Lipinski definition) is 3. The highest BCUT2D eigenvalue weighted by molar-refractivity contribution is 5.07. The van der Waals surface area contributed by atoms with E-state index >= 15 is 0 Å². The largest absolute Gasteiger partial charge is 0.375 e. The highest BCUT2D eigenvalue weighted by Gasteiger charge is 2.38. The van der Waals surface area contributed by atoms with Gasteiger partial charge in [0.15, 0.2) is 5.60 Å². The molecule has 0 bridgehead atoms. The molecule has 62 valence electrons. The van der Waals surface area contributed by atoms with Gasteiger partial charge in [-0.1, -0.05) is 6.92 Å². The number of rotatable bonds is 0. The molecule has 2 N–H and O–H groups in total. The molecule has 1 rings (SSSR count). The molecule has 0 aliphatic carbocycles. The van der Waals surface area contributed by atoms with E-state index in [1.165, 1.54) is 0 Å². The predicted octanol–water partition coefficient (Wildman–Crippen LogP) is 0.259. The maximum atomic E-state index is 9.72. The van der Waals surface area contributed by atoms with Crippen LogP contribution in [-0.2, 0) is 0 Å². The number of piperidine rings is 1. The lowest BCUT2D eigenvalue weighted by Gasteiger charge is -2.36. The average molecular weight is 154 g/mol. The third kappa shape index (κ3) is 1.52. The molecule has 0 amide bonds. The monoisotopic (exact) mass is 154 g/mol. The third-order valence-electron chi connectivity index (χ3n) is 2.40. The minimum atomic E-state index is -1.11. The molecule has 3 heteroatoms. The Hall–Kier alpha value is -0.590. The van der Waals surface area contributed by atoms with E-state index in [2.05, 4.69) is 5.32 Å². The van der Waals surface area contributed by atoms with Crippen molar-refractivity contribution in [2.75, 3.05) is 6.54 Å². The lowest BCUT2D eigenvalue weighted by Crippen LogP contribution is -2.52. The molecule has 0 saturated carbocycles. The summed E-state index contributed by atoms with van der Waals surface area (Å²) in [7, 11) is 0. The van der Waals surface area contributed by atoms with Crippen molar-refractivity contribution < 1.29 is 5.11 Å². The molecular weight excluding hydrogens is 140 g/mol. The quantitative estimate of drug-likeness (QED) is 0.492. The molecule has 11 heavy (non-hydrogen) atoms. The molecule has 1 saturated heterocycles. The van der Waals surface area contributed by atoms with Crippen molar-refractivity contribution in [1.82, 2.24) is 5.32 Å². The highest BCUT2D eigenvalue weighted by atomic mass is 16.3. The van der Waals surface area contributed by atoms with Gasteiger partial charge in [0, 0.05) is 24.9 Å². The Morgan fingerprint density at radius 3 is 2.73 bits per heavy atom. The minimum absolute atomic E-state index is 0.0312. The fourth-order valence-corrected chi connectivity index (χ4v) is 1.44. The molecular formula is C8H14N2O. The van der Waals surface area contributed by atoms with Crippen LogP contribution in [0.1, 0.15) is 20.3 Å². The second-order valence-corrected chi connectivity index (χ2v) is 3.45. The van der Waals surface area contributed by atoms with E-state index in [0.29, 0.717) is 6.42 Å². The normalized spacial score (nSPS) is 44.9. The van der Waals surface area contributed by atoms with E-state index in [0.717, 1.165) is 6.54 Å². The summed E-state index contributed by atoms with van der Waals surface area (Å²) in [6, 6.07) is 2.22. The maximum absolute atomic E-state index is 9.72. The molecule has 0 aromatic rings. The third-order valence-corrected chi connectivity index (χ3v) is 2.40. The summed E-state index contributed by atoms with van der Waals surface area (Å²) in [5.41, 5.74) is -1.11. The van der Waals surface area contributed by atoms with Gasteiger partial charge in [-0.2, -0.15) is 5.26 Å². The fourth-order valence-electron chi connectivity index (χ4n) is 1.44. The number of nitrogens with one attached hydrogen (secondary N) is 1. The van der Waals surface area contributed by atoms with Crippen molar-refractivity contribution in [3.8, 4) is 6.07 Å². The lowest BCUT2D eigenvalue weighted by atomic mass is 9.81. The van der Waals surface area contributed by atoms with Gasteiger partial charge in [0.25, 0.3) is 0 Å². The van der Waals surface area contributed by atoms with Crippen LogP contribution in [0, 0.1) is 17.2 Å².